The van der Waals surface area contributed by atoms with Crippen LogP contribution >= 0.6 is 0 Å². The van der Waals surface area contributed by atoms with Gasteiger partial charge in [0, 0.05) is 18.3 Å². The highest BCUT2D eigenvalue weighted by Gasteiger charge is 2.35. The van der Waals surface area contributed by atoms with Gasteiger partial charge in [0.2, 0.25) is 12.5 Å². The van der Waals surface area contributed by atoms with E-state index in [0.717, 1.165) is 35.2 Å². The number of rotatable bonds is 2. The molecule has 0 N–H and O–H groups in total. The van der Waals surface area contributed by atoms with E-state index in [1.807, 2.05) is 24.4 Å². The van der Waals surface area contributed by atoms with Crippen molar-refractivity contribution < 1.29 is 18.6 Å². The van der Waals surface area contributed by atoms with Gasteiger partial charge < -0.3 is 18.8 Å². The van der Waals surface area contributed by atoms with E-state index >= 15 is 0 Å². The maximum atomic E-state index is 13.9. The van der Waals surface area contributed by atoms with Gasteiger partial charge >= 0.3 is 0 Å². The fraction of sp³-hybridized carbons (Fsp3) is 0.300. The molecule has 0 fully saturated rings. The lowest BCUT2D eigenvalue weighted by molar-refractivity contribution is 0.170. The van der Waals surface area contributed by atoms with Gasteiger partial charge in [0.15, 0.2) is 11.5 Å². The van der Waals surface area contributed by atoms with E-state index in [1.165, 1.54) is 11.6 Å². The van der Waals surface area contributed by atoms with Crippen molar-refractivity contribution in [2.75, 3.05) is 27.5 Å². The first-order valence-electron chi connectivity index (χ1n) is 8.63. The first-order chi connectivity index (χ1) is 12.7. The Labute approximate surface area is 150 Å². The minimum absolute atomic E-state index is 0.109. The number of nitrogens with zero attached hydrogens (tertiary/aromatic N) is 2. The van der Waals surface area contributed by atoms with E-state index in [4.69, 9.17) is 14.2 Å². The molecular weight excluding hydrogens is 335 g/mol. The third-order valence-corrected chi connectivity index (χ3v) is 5.31. The lowest BCUT2D eigenvalue weighted by Crippen LogP contribution is -2.36. The second-order valence-electron chi connectivity index (χ2n) is 6.75. The third-order valence-electron chi connectivity index (χ3n) is 5.31. The zero-order chi connectivity index (χ0) is 17.8. The molecule has 0 unspecified atom stereocenters. The Morgan fingerprint density at radius 1 is 1.19 bits per heavy atom. The molecule has 0 bridgehead atoms. The number of halogens is 1. The van der Waals surface area contributed by atoms with E-state index in [1.54, 1.807) is 13.2 Å². The van der Waals surface area contributed by atoms with Crippen LogP contribution in [0.5, 0.6) is 17.2 Å². The third kappa shape index (κ3) is 2.12. The largest absolute Gasteiger partial charge is 0.492 e. The molecule has 2 aliphatic rings. The summed E-state index contributed by atoms with van der Waals surface area (Å²) in [5.74, 6) is 1.83. The van der Waals surface area contributed by atoms with Gasteiger partial charge in [0.05, 0.1) is 12.6 Å². The van der Waals surface area contributed by atoms with Gasteiger partial charge in [-0.2, -0.15) is 0 Å². The predicted octanol–water partition coefficient (Wildman–Crippen LogP) is 3.55. The van der Waals surface area contributed by atoms with Crippen LogP contribution in [0, 0.1) is 5.82 Å². The second kappa shape index (κ2) is 5.64. The van der Waals surface area contributed by atoms with Gasteiger partial charge in [-0.15, -0.1) is 0 Å². The Bertz CT molecular complexity index is 1010. The summed E-state index contributed by atoms with van der Waals surface area (Å²) in [5, 5.41) is 1.01. The zero-order valence-electron chi connectivity index (χ0n) is 14.7. The number of hydrogen-bond donors (Lipinski definition) is 0. The van der Waals surface area contributed by atoms with Crippen molar-refractivity contribution in [3.63, 3.8) is 0 Å². The van der Waals surface area contributed by atoms with Crippen LogP contribution in [-0.2, 0) is 6.42 Å². The molecule has 2 aromatic carbocycles. The van der Waals surface area contributed by atoms with E-state index in [0.29, 0.717) is 11.5 Å². The molecule has 5 rings (SSSR count). The number of likely N-dealkylation sites (N-methyl/N-ethyl adjacent to an activating group) is 1. The topological polar surface area (TPSA) is 35.9 Å². The molecule has 3 aromatic rings. The molecule has 1 atom stereocenters. The van der Waals surface area contributed by atoms with Gasteiger partial charge in [-0.25, -0.2) is 4.39 Å². The fourth-order valence-electron chi connectivity index (χ4n) is 4.10. The number of ether oxygens (including phenoxy) is 3. The van der Waals surface area contributed by atoms with E-state index in [-0.39, 0.29) is 18.8 Å². The molecule has 5 nitrogen and oxygen atoms in total. The van der Waals surface area contributed by atoms with Gasteiger partial charge in [0.25, 0.3) is 0 Å². The lowest BCUT2D eigenvalue weighted by atomic mass is 9.94. The monoisotopic (exact) mass is 354 g/mol. The normalized spacial score (nSPS) is 19.0. The molecule has 0 amide bonds. The zero-order valence-corrected chi connectivity index (χ0v) is 14.7. The quantitative estimate of drug-likeness (QED) is 0.705. The van der Waals surface area contributed by atoms with Crippen LogP contribution in [0.15, 0.2) is 36.5 Å². The molecule has 1 aromatic heterocycles. The van der Waals surface area contributed by atoms with E-state index in [9.17, 15) is 4.39 Å². The summed E-state index contributed by atoms with van der Waals surface area (Å²) < 4.78 is 33.0. The molecule has 0 radical (unpaired) electrons. The van der Waals surface area contributed by atoms with E-state index < -0.39 is 0 Å². The predicted molar refractivity (Wildman–Crippen MR) is 95.5 cm³/mol. The van der Waals surface area contributed by atoms with Crippen molar-refractivity contribution in [3.05, 3.63) is 53.5 Å². The Hall–Kier alpha value is -2.73. The van der Waals surface area contributed by atoms with Crippen LogP contribution in [0.1, 0.15) is 17.3 Å². The minimum Gasteiger partial charge on any atom is -0.492 e. The summed E-state index contributed by atoms with van der Waals surface area (Å²) >= 11 is 0. The first kappa shape index (κ1) is 15.5. The first-order valence-corrected chi connectivity index (χ1v) is 8.63. The van der Waals surface area contributed by atoms with Gasteiger partial charge in [-0.1, -0.05) is 0 Å². The Morgan fingerprint density at radius 3 is 2.92 bits per heavy atom. The lowest BCUT2D eigenvalue weighted by Gasteiger charge is -2.37. The van der Waals surface area contributed by atoms with Crippen molar-refractivity contribution in [2.24, 2.45) is 0 Å². The number of aromatic nitrogens is 1. The van der Waals surface area contributed by atoms with Crippen LogP contribution < -0.4 is 14.2 Å². The Morgan fingerprint density at radius 2 is 2.08 bits per heavy atom. The number of methoxy groups -OCH3 is 1. The SMILES string of the molecule is COc1c2c(cc3c1[C@H](n1ccc4ccc(F)cc41)N(C)CC3)OCO2. The highest BCUT2D eigenvalue weighted by atomic mass is 19.1. The summed E-state index contributed by atoms with van der Waals surface area (Å²) in [7, 11) is 3.72. The van der Waals surface area contributed by atoms with Crippen molar-refractivity contribution in [1.82, 2.24) is 9.47 Å². The maximum Gasteiger partial charge on any atom is 0.231 e. The van der Waals surface area contributed by atoms with Crippen molar-refractivity contribution in [1.29, 1.82) is 0 Å². The molecule has 0 spiro atoms. The number of benzene rings is 2. The molecule has 3 heterocycles. The molecule has 6 heteroatoms. The molecule has 26 heavy (non-hydrogen) atoms. The highest BCUT2D eigenvalue weighted by molar-refractivity contribution is 5.80. The molecule has 0 saturated heterocycles. The summed E-state index contributed by atoms with van der Waals surface area (Å²) in [5.41, 5.74) is 3.08. The van der Waals surface area contributed by atoms with Crippen LogP contribution in [0.25, 0.3) is 10.9 Å². The highest BCUT2D eigenvalue weighted by Crippen LogP contribution is 2.50. The molecule has 0 saturated carbocycles. The molecular formula is C20H19FN2O3. The standard InChI is InChI=1S/C20H19FN2O3/c1-22-7-5-13-9-16-18(26-11-25-16)19(24-2)17(13)20(22)23-8-6-12-3-4-14(21)10-15(12)23/h3-4,6,8-10,20H,5,7,11H2,1-2H3/t20-/m0/s1. The Kier molecular flexibility index (Phi) is 3.37. The van der Waals surface area contributed by atoms with Crippen LogP contribution in [0.3, 0.4) is 0 Å². The van der Waals surface area contributed by atoms with Crippen LogP contribution in [0.2, 0.25) is 0 Å². The molecule has 2 aliphatic heterocycles. The van der Waals surface area contributed by atoms with Crippen molar-refractivity contribution in [2.45, 2.75) is 12.6 Å². The van der Waals surface area contributed by atoms with Gasteiger partial charge in [0.1, 0.15) is 12.0 Å². The summed E-state index contributed by atoms with van der Waals surface area (Å²) in [6.45, 7) is 1.09. The Balaban J connectivity index is 1.77. The van der Waals surface area contributed by atoms with Crippen LogP contribution in [0.4, 0.5) is 4.39 Å². The summed E-state index contributed by atoms with van der Waals surface area (Å²) in [6.07, 6.45) is 2.79. The average Bonchev–Trinajstić information content (AvgIpc) is 3.26. The van der Waals surface area contributed by atoms with Crippen molar-refractivity contribution in [3.8, 4) is 17.2 Å². The summed E-state index contributed by atoms with van der Waals surface area (Å²) in [4.78, 5) is 2.25. The average molecular weight is 354 g/mol. The maximum absolute atomic E-state index is 13.9. The van der Waals surface area contributed by atoms with Crippen molar-refractivity contribution >= 4 is 10.9 Å². The molecule has 134 valence electrons. The molecule has 0 aliphatic carbocycles. The van der Waals surface area contributed by atoms with Gasteiger partial charge in [-0.05, 0) is 54.8 Å². The number of hydrogen-bond acceptors (Lipinski definition) is 4. The second-order valence-corrected chi connectivity index (χ2v) is 6.75. The minimum atomic E-state index is -0.242. The van der Waals surface area contributed by atoms with Crippen LogP contribution in [-0.4, -0.2) is 37.0 Å². The summed E-state index contributed by atoms with van der Waals surface area (Å²) in [6, 6.07) is 8.94. The smallest absolute Gasteiger partial charge is 0.231 e. The van der Waals surface area contributed by atoms with Gasteiger partial charge in [-0.3, -0.25) is 4.90 Å². The fourth-order valence-corrected chi connectivity index (χ4v) is 4.10. The van der Waals surface area contributed by atoms with E-state index in [2.05, 4.69) is 16.5 Å². The number of fused-ring (bicyclic) bond motifs is 3.